The van der Waals surface area contributed by atoms with Crippen molar-refractivity contribution in [2.75, 3.05) is 13.9 Å². The van der Waals surface area contributed by atoms with Gasteiger partial charge in [0.2, 0.25) is 5.88 Å². The molecule has 0 fully saturated rings. The molecule has 0 unspecified atom stereocenters. The molecule has 0 saturated heterocycles. The molecule has 1 heterocycles. The number of hydrogen-bond acceptors (Lipinski definition) is 4. The summed E-state index contributed by atoms with van der Waals surface area (Å²) in [5.41, 5.74) is 2.34. The number of halogens is 1. The summed E-state index contributed by atoms with van der Waals surface area (Å²) in [6.45, 7) is 0.480. The molecule has 5 heteroatoms. The third-order valence-corrected chi connectivity index (χ3v) is 3.59. The minimum absolute atomic E-state index is 0.0805. The highest BCUT2D eigenvalue weighted by Gasteiger charge is 2.06. The SMILES string of the molecule is COCOc1cnc(OCc2ccccc2)cc1C#Cc1ccc(F)cc1. The molecule has 4 nitrogen and oxygen atoms in total. The van der Waals surface area contributed by atoms with E-state index in [2.05, 4.69) is 16.8 Å². The van der Waals surface area contributed by atoms with Gasteiger partial charge in [-0.1, -0.05) is 42.2 Å². The third-order valence-electron chi connectivity index (χ3n) is 3.59. The van der Waals surface area contributed by atoms with E-state index in [0.717, 1.165) is 5.56 Å². The van der Waals surface area contributed by atoms with Crippen molar-refractivity contribution in [3.63, 3.8) is 0 Å². The maximum atomic E-state index is 13.0. The van der Waals surface area contributed by atoms with Crippen LogP contribution < -0.4 is 9.47 Å². The summed E-state index contributed by atoms with van der Waals surface area (Å²) in [5.74, 6) is 6.63. The molecule has 0 aliphatic heterocycles. The number of benzene rings is 2. The largest absolute Gasteiger partial charge is 0.473 e. The lowest BCUT2D eigenvalue weighted by molar-refractivity contribution is 0.0505. The summed E-state index contributed by atoms with van der Waals surface area (Å²) < 4.78 is 29.2. The Balaban J connectivity index is 1.81. The summed E-state index contributed by atoms with van der Waals surface area (Å²) in [6.07, 6.45) is 1.55. The molecule has 1 aromatic heterocycles. The molecule has 3 aromatic rings. The monoisotopic (exact) mass is 363 g/mol. The molecule has 3 rings (SSSR count). The fourth-order valence-corrected chi connectivity index (χ4v) is 2.24. The lowest BCUT2D eigenvalue weighted by atomic mass is 10.2. The van der Waals surface area contributed by atoms with Gasteiger partial charge < -0.3 is 14.2 Å². The summed E-state index contributed by atoms with van der Waals surface area (Å²) in [7, 11) is 1.54. The van der Waals surface area contributed by atoms with Gasteiger partial charge in [-0.05, 0) is 29.8 Å². The maximum Gasteiger partial charge on any atom is 0.215 e. The Kier molecular flexibility index (Phi) is 6.40. The van der Waals surface area contributed by atoms with E-state index in [1.54, 1.807) is 24.4 Å². The van der Waals surface area contributed by atoms with Crippen LogP contribution in [-0.4, -0.2) is 18.9 Å². The van der Waals surface area contributed by atoms with Gasteiger partial charge >= 0.3 is 0 Å². The average Bonchev–Trinajstić information content (AvgIpc) is 2.71. The molecule has 0 bridgehead atoms. The van der Waals surface area contributed by atoms with Crippen LogP contribution in [0.25, 0.3) is 0 Å². The van der Waals surface area contributed by atoms with Gasteiger partial charge in [0.25, 0.3) is 0 Å². The predicted octanol–water partition coefficient (Wildman–Crippen LogP) is 4.18. The van der Waals surface area contributed by atoms with Gasteiger partial charge in [-0.25, -0.2) is 9.37 Å². The summed E-state index contributed by atoms with van der Waals surface area (Å²) in [6, 6.07) is 17.5. The molecule has 0 N–H and O–H groups in total. The second-order valence-electron chi connectivity index (χ2n) is 5.60. The van der Waals surface area contributed by atoms with Gasteiger partial charge in [-0.2, -0.15) is 0 Å². The van der Waals surface area contributed by atoms with Crippen molar-refractivity contribution in [3.05, 3.63) is 89.4 Å². The number of ether oxygens (including phenoxy) is 3. The zero-order valence-electron chi connectivity index (χ0n) is 14.8. The van der Waals surface area contributed by atoms with Crippen molar-refractivity contribution in [1.82, 2.24) is 4.98 Å². The highest BCUT2D eigenvalue weighted by atomic mass is 19.1. The van der Waals surface area contributed by atoms with Crippen molar-refractivity contribution < 1.29 is 18.6 Å². The van der Waals surface area contributed by atoms with Crippen LogP contribution in [0.15, 0.2) is 66.9 Å². The van der Waals surface area contributed by atoms with Crippen LogP contribution in [0.4, 0.5) is 4.39 Å². The summed E-state index contributed by atoms with van der Waals surface area (Å²) in [4.78, 5) is 4.25. The number of pyridine rings is 1. The first-order valence-corrected chi connectivity index (χ1v) is 8.30. The number of methoxy groups -OCH3 is 1. The summed E-state index contributed by atoms with van der Waals surface area (Å²) >= 11 is 0. The van der Waals surface area contributed by atoms with Gasteiger partial charge in [0, 0.05) is 18.7 Å². The molecule has 0 aliphatic carbocycles. The van der Waals surface area contributed by atoms with Gasteiger partial charge in [0.1, 0.15) is 12.4 Å². The van der Waals surface area contributed by atoms with E-state index in [1.807, 2.05) is 30.3 Å². The first-order chi connectivity index (χ1) is 13.2. The highest BCUT2D eigenvalue weighted by Crippen LogP contribution is 2.22. The Hall–Kier alpha value is -3.36. The molecule has 0 atom stereocenters. The predicted molar refractivity (Wildman–Crippen MR) is 99.9 cm³/mol. The number of hydrogen-bond donors (Lipinski definition) is 0. The number of aromatic nitrogens is 1. The lowest BCUT2D eigenvalue weighted by Crippen LogP contribution is -2.03. The fourth-order valence-electron chi connectivity index (χ4n) is 2.24. The Morgan fingerprint density at radius 3 is 2.48 bits per heavy atom. The second-order valence-corrected chi connectivity index (χ2v) is 5.60. The first-order valence-electron chi connectivity index (χ1n) is 8.30. The minimum Gasteiger partial charge on any atom is -0.473 e. The van der Waals surface area contributed by atoms with Crippen LogP contribution in [-0.2, 0) is 11.3 Å². The van der Waals surface area contributed by atoms with Crippen molar-refractivity contribution in [1.29, 1.82) is 0 Å². The van der Waals surface area contributed by atoms with Crippen molar-refractivity contribution in [2.24, 2.45) is 0 Å². The van der Waals surface area contributed by atoms with E-state index in [9.17, 15) is 4.39 Å². The van der Waals surface area contributed by atoms with Crippen molar-refractivity contribution >= 4 is 0 Å². The number of rotatable bonds is 6. The highest BCUT2D eigenvalue weighted by molar-refractivity contribution is 5.50. The lowest BCUT2D eigenvalue weighted by Gasteiger charge is -2.09. The molecule has 0 amide bonds. The zero-order chi connectivity index (χ0) is 18.9. The van der Waals surface area contributed by atoms with Gasteiger partial charge in [0.05, 0.1) is 11.8 Å². The maximum absolute atomic E-state index is 13.0. The molecule has 2 aromatic carbocycles. The molecular weight excluding hydrogens is 345 g/mol. The van der Waals surface area contributed by atoms with Crippen molar-refractivity contribution in [2.45, 2.75) is 6.61 Å². The Bertz CT molecular complexity index is 931. The molecule has 136 valence electrons. The van der Waals surface area contributed by atoms with Crippen LogP contribution in [0.3, 0.4) is 0 Å². The van der Waals surface area contributed by atoms with Crippen LogP contribution in [0.2, 0.25) is 0 Å². The Morgan fingerprint density at radius 2 is 1.74 bits per heavy atom. The average molecular weight is 363 g/mol. The van der Waals surface area contributed by atoms with Gasteiger partial charge in [-0.3, -0.25) is 0 Å². The zero-order valence-corrected chi connectivity index (χ0v) is 14.8. The van der Waals surface area contributed by atoms with Crippen molar-refractivity contribution in [3.8, 4) is 23.5 Å². The standard InChI is InChI=1S/C22H18FNO3/c1-25-16-27-21-14-24-22(26-15-18-5-3-2-4-6-18)13-19(21)10-7-17-8-11-20(23)12-9-17/h2-6,8-9,11-14H,15-16H2,1H3. The van der Waals surface area contributed by atoms with E-state index >= 15 is 0 Å². The van der Waals surface area contributed by atoms with Crippen LogP contribution in [0, 0.1) is 17.7 Å². The molecule has 0 radical (unpaired) electrons. The van der Waals surface area contributed by atoms with Crippen LogP contribution >= 0.6 is 0 Å². The smallest absolute Gasteiger partial charge is 0.215 e. The fraction of sp³-hybridized carbons (Fsp3) is 0.136. The number of nitrogens with zero attached hydrogens (tertiary/aromatic N) is 1. The van der Waals surface area contributed by atoms with Crippen LogP contribution in [0.5, 0.6) is 11.6 Å². The quantitative estimate of drug-likeness (QED) is 0.487. The first kappa shape index (κ1) is 18.4. The van der Waals surface area contributed by atoms with Gasteiger partial charge in [-0.15, -0.1) is 0 Å². The molecule has 27 heavy (non-hydrogen) atoms. The van der Waals surface area contributed by atoms with E-state index in [4.69, 9.17) is 14.2 Å². The Morgan fingerprint density at radius 1 is 0.963 bits per heavy atom. The molecule has 0 spiro atoms. The van der Waals surface area contributed by atoms with E-state index in [0.29, 0.717) is 29.4 Å². The second kappa shape index (κ2) is 9.37. The normalized spacial score (nSPS) is 10.0. The van der Waals surface area contributed by atoms with Crippen LogP contribution in [0.1, 0.15) is 16.7 Å². The minimum atomic E-state index is -0.301. The van der Waals surface area contributed by atoms with E-state index in [1.165, 1.54) is 19.2 Å². The van der Waals surface area contributed by atoms with E-state index < -0.39 is 0 Å². The molecular formula is C22H18FNO3. The topological polar surface area (TPSA) is 40.6 Å². The third kappa shape index (κ3) is 5.56. The van der Waals surface area contributed by atoms with Gasteiger partial charge in [0.15, 0.2) is 12.5 Å². The molecule has 0 aliphatic rings. The molecule has 0 saturated carbocycles. The Labute approximate surface area is 157 Å². The summed E-state index contributed by atoms with van der Waals surface area (Å²) in [5, 5.41) is 0. The van der Waals surface area contributed by atoms with E-state index in [-0.39, 0.29) is 12.6 Å².